The van der Waals surface area contributed by atoms with Crippen molar-refractivity contribution in [3.05, 3.63) is 36.4 Å². The summed E-state index contributed by atoms with van der Waals surface area (Å²) in [6, 6.07) is 6.71. The molecule has 0 fully saturated rings. The van der Waals surface area contributed by atoms with Gasteiger partial charge in [-0.2, -0.15) is 5.10 Å². The molecule has 0 aliphatic rings. The standard InChI is InChI=1S/C13H17N3O2/c1-10(2)7-16-13(14-9-15-16)8-18-12-5-3-4-11(17)6-12/h3-6,9-10,17H,7-8H2,1-2H3. The van der Waals surface area contributed by atoms with E-state index in [9.17, 15) is 5.11 Å². The van der Waals surface area contributed by atoms with Crippen molar-refractivity contribution in [1.29, 1.82) is 0 Å². The van der Waals surface area contributed by atoms with Gasteiger partial charge in [-0.25, -0.2) is 9.67 Å². The van der Waals surface area contributed by atoms with Gasteiger partial charge in [0.1, 0.15) is 24.4 Å². The van der Waals surface area contributed by atoms with Gasteiger partial charge in [0.15, 0.2) is 5.82 Å². The van der Waals surface area contributed by atoms with Gasteiger partial charge in [0.05, 0.1) is 0 Å². The van der Waals surface area contributed by atoms with Crippen molar-refractivity contribution in [1.82, 2.24) is 14.8 Å². The minimum absolute atomic E-state index is 0.191. The summed E-state index contributed by atoms with van der Waals surface area (Å²) >= 11 is 0. The van der Waals surface area contributed by atoms with E-state index in [1.807, 2.05) is 4.68 Å². The van der Waals surface area contributed by atoms with Crippen LogP contribution in [0.1, 0.15) is 19.7 Å². The Labute approximate surface area is 106 Å². The molecule has 5 heteroatoms. The van der Waals surface area contributed by atoms with E-state index in [0.717, 1.165) is 12.4 Å². The largest absolute Gasteiger partial charge is 0.508 e. The fraction of sp³-hybridized carbons (Fsp3) is 0.385. The fourth-order valence-corrected chi connectivity index (χ4v) is 1.62. The third kappa shape index (κ3) is 3.23. The number of hydrogen-bond acceptors (Lipinski definition) is 4. The van der Waals surface area contributed by atoms with Gasteiger partial charge in [-0.3, -0.25) is 0 Å². The second-order valence-electron chi connectivity index (χ2n) is 4.54. The van der Waals surface area contributed by atoms with Gasteiger partial charge in [-0.05, 0) is 18.1 Å². The Morgan fingerprint density at radius 1 is 1.39 bits per heavy atom. The number of rotatable bonds is 5. The number of benzene rings is 1. The van der Waals surface area contributed by atoms with Crippen molar-refractivity contribution in [2.75, 3.05) is 0 Å². The summed E-state index contributed by atoms with van der Waals surface area (Å²) in [5.41, 5.74) is 0. The van der Waals surface area contributed by atoms with Crippen LogP contribution in [0, 0.1) is 5.92 Å². The Morgan fingerprint density at radius 3 is 2.94 bits per heavy atom. The van der Waals surface area contributed by atoms with Gasteiger partial charge >= 0.3 is 0 Å². The molecule has 96 valence electrons. The van der Waals surface area contributed by atoms with E-state index in [2.05, 4.69) is 23.9 Å². The van der Waals surface area contributed by atoms with Crippen molar-refractivity contribution in [2.45, 2.75) is 27.0 Å². The smallest absolute Gasteiger partial charge is 0.164 e. The van der Waals surface area contributed by atoms with Gasteiger partial charge in [0.25, 0.3) is 0 Å². The summed E-state index contributed by atoms with van der Waals surface area (Å²) in [5, 5.41) is 13.5. The molecule has 1 aromatic carbocycles. The second kappa shape index (κ2) is 5.53. The second-order valence-corrected chi connectivity index (χ2v) is 4.54. The van der Waals surface area contributed by atoms with Crippen LogP contribution >= 0.6 is 0 Å². The lowest BCUT2D eigenvalue weighted by molar-refractivity contribution is 0.281. The highest BCUT2D eigenvalue weighted by molar-refractivity contribution is 5.31. The minimum atomic E-state index is 0.191. The number of phenolic OH excluding ortho intramolecular Hbond substituents is 1. The highest BCUT2D eigenvalue weighted by Gasteiger charge is 2.07. The predicted molar refractivity (Wildman–Crippen MR) is 67.3 cm³/mol. The summed E-state index contributed by atoms with van der Waals surface area (Å²) in [7, 11) is 0. The van der Waals surface area contributed by atoms with Gasteiger partial charge in [0.2, 0.25) is 0 Å². The first-order valence-corrected chi connectivity index (χ1v) is 5.93. The van der Waals surface area contributed by atoms with E-state index >= 15 is 0 Å². The average Bonchev–Trinajstić information content (AvgIpc) is 2.73. The third-order valence-corrected chi connectivity index (χ3v) is 2.42. The van der Waals surface area contributed by atoms with E-state index in [-0.39, 0.29) is 5.75 Å². The number of aromatic hydroxyl groups is 1. The summed E-state index contributed by atoms with van der Waals surface area (Å²) in [4.78, 5) is 4.17. The molecule has 0 aliphatic heterocycles. The molecule has 0 aliphatic carbocycles. The summed E-state index contributed by atoms with van der Waals surface area (Å²) in [5.74, 6) is 2.10. The lowest BCUT2D eigenvalue weighted by Crippen LogP contribution is -2.12. The van der Waals surface area contributed by atoms with Crippen LogP contribution in [0.3, 0.4) is 0 Å². The Kier molecular flexibility index (Phi) is 3.82. The number of nitrogens with zero attached hydrogens (tertiary/aromatic N) is 3. The molecule has 1 aromatic heterocycles. The molecule has 0 atom stereocenters. The normalized spacial score (nSPS) is 10.8. The quantitative estimate of drug-likeness (QED) is 0.880. The van der Waals surface area contributed by atoms with Gasteiger partial charge < -0.3 is 9.84 Å². The molecule has 0 bridgehead atoms. The van der Waals surface area contributed by atoms with E-state index in [4.69, 9.17) is 4.74 Å². The van der Waals surface area contributed by atoms with E-state index in [1.165, 1.54) is 6.33 Å². The van der Waals surface area contributed by atoms with Gasteiger partial charge in [0, 0.05) is 12.6 Å². The number of hydrogen-bond donors (Lipinski definition) is 1. The highest BCUT2D eigenvalue weighted by Crippen LogP contribution is 2.18. The van der Waals surface area contributed by atoms with Crippen LogP contribution in [0.4, 0.5) is 0 Å². The van der Waals surface area contributed by atoms with Crippen molar-refractivity contribution in [2.24, 2.45) is 5.92 Å². The van der Waals surface area contributed by atoms with Gasteiger partial charge in [-0.1, -0.05) is 19.9 Å². The Balaban J connectivity index is 2.00. The third-order valence-electron chi connectivity index (χ3n) is 2.42. The van der Waals surface area contributed by atoms with Crippen LogP contribution in [-0.4, -0.2) is 19.9 Å². The molecule has 0 radical (unpaired) electrons. The highest BCUT2D eigenvalue weighted by atomic mass is 16.5. The molecule has 1 N–H and O–H groups in total. The van der Waals surface area contributed by atoms with Crippen LogP contribution in [0.5, 0.6) is 11.5 Å². The average molecular weight is 247 g/mol. The van der Waals surface area contributed by atoms with Gasteiger partial charge in [-0.15, -0.1) is 0 Å². The zero-order valence-electron chi connectivity index (χ0n) is 10.6. The summed E-state index contributed by atoms with van der Waals surface area (Å²) in [6.07, 6.45) is 1.53. The number of ether oxygens (including phenoxy) is 1. The Morgan fingerprint density at radius 2 is 2.22 bits per heavy atom. The van der Waals surface area contributed by atoms with Crippen molar-refractivity contribution in [3.63, 3.8) is 0 Å². The van der Waals surface area contributed by atoms with E-state index in [0.29, 0.717) is 18.3 Å². The van der Waals surface area contributed by atoms with Crippen LogP contribution in [0.2, 0.25) is 0 Å². The molecule has 0 saturated carbocycles. The molecule has 2 aromatic rings. The monoisotopic (exact) mass is 247 g/mol. The molecule has 5 nitrogen and oxygen atoms in total. The summed E-state index contributed by atoms with van der Waals surface area (Å²) < 4.78 is 7.41. The maximum absolute atomic E-state index is 9.33. The molecular formula is C13H17N3O2. The topological polar surface area (TPSA) is 60.2 Å². The van der Waals surface area contributed by atoms with Crippen LogP contribution in [0.15, 0.2) is 30.6 Å². The predicted octanol–water partition coefficient (Wildman–Crippen LogP) is 2.22. The molecule has 1 heterocycles. The minimum Gasteiger partial charge on any atom is -0.508 e. The van der Waals surface area contributed by atoms with Crippen molar-refractivity contribution < 1.29 is 9.84 Å². The first-order valence-electron chi connectivity index (χ1n) is 5.93. The number of phenols is 1. The molecule has 0 amide bonds. The van der Waals surface area contributed by atoms with Crippen molar-refractivity contribution in [3.8, 4) is 11.5 Å². The van der Waals surface area contributed by atoms with Crippen LogP contribution < -0.4 is 4.74 Å². The summed E-state index contributed by atoms with van der Waals surface area (Å²) in [6.45, 7) is 5.41. The first-order chi connectivity index (χ1) is 8.65. The SMILES string of the molecule is CC(C)Cn1ncnc1COc1cccc(O)c1. The number of aromatic nitrogens is 3. The van der Waals surface area contributed by atoms with E-state index < -0.39 is 0 Å². The van der Waals surface area contributed by atoms with Crippen LogP contribution in [-0.2, 0) is 13.2 Å². The zero-order valence-corrected chi connectivity index (χ0v) is 10.6. The first kappa shape index (κ1) is 12.4. The van der Waals surface area contributed by atoms with Crippen LogP contribution in [0.25, 0.3) is 0 Å². The Hall–Kier alpha value is -2.04. The molecule has 18 heavy (non-hydrogen) atoms. The molecule has 2 rings (SSSR count). The molecular weight excluding hydrogens is 230 g/mol. The fourth-order valence-electron chi connectivity index (χ4n) is 1.62. The van der Waals surface area contributed by atoms with Crippen molar-refractivity contribution >= 4 is 0 Å². The molecule has 0 unspecified atom stereocenters. The lowest BCUT2D eigenvalue weighted by atomic mass is 10.2. The molecule has 0 saturated heterocycles. The maximum Gasteiger partial charge on any atom is 0.164 e. The zero-order chi connectivity index (χ0) is 13.0. The Bertz CT molecular complexity index is 508. The van der Waals surface area contributed by atoms with E-state index in [1.54, 1.807) is 24.3 Å². The maximum atomic E-state index is 9.33. The molecule has 0 spiro atoms. The lowest BCUT2D eigenvalue weighted by Gasteiger charge is -2.09.